The van der Waals surface area contributed by atoms with E-state index in [4.69, 9.17) is 23.8 Å². The Labute approximate surface area is 178 Å². The first-order valence-corrected chi connectivity index (χ1v) is 9.72. The second-order valence-corrected chi connectivity index (χ2v) is 7.45. The smallest absolute Gasteiger partial charge is 0.282 e. The zero-order chi connectivity index (χ0) is 21.0. The van der Waals surface area contributed by atoms with Crippen molar-refractivity contribution in [1.82, 2.24) is 10.2 Å². The van der Waals surface area contributed by atoms with E-state index in [9.17, 15) is 14.9 Å². The van der Waals surface area contributed by atoms with Gasteiger partial charge in [-0.15, -0.1) is 0 Å². The van der Waals surface area contributed by atoms with E-state index in [0.29, 0.717) is 10.7 Å². The van der Waals surface area contributed by atoms with Gasteiger partial charge in [0.1, 0.15) is 5.56 Å². The average molecular weight is 434 g/mol. The zero-order valence-corrected chi connectivity index (χ0v) is 17.3. The summed E-state index contributed by atoms with van der Waals surface area (Å²) < 4.78 is 0. The molecule has 0 aliphatic carbocycles. The number of thiocarbonyl (C=S) groups is 1. The maximum absolute atomic E-state index is 12.3. The highest BCUT2D eigenvalue weighted by Crippen LogP contribution is 2.29. The summed E-state index contributed by atoms with van der Waals surface area (Å²) in [4.78, 5) is 27.3. The van der Waals surface area contributed by atoms with Gasteiger partial charge in [0.15, 0.2) is 5.11 Å². The Morgan fingerprint density at radius 3 is 2.52 bits per heavy atom. The van der Waals surface area contributed by atoms with E-state index in [1.807, 2.05) is 12.1 Å². The Morgan fingerprint density at radius 1 is 1.17 bits per heavy atom. The van der Waals surface area contributed by atoms with Crippen LogP contribution in [0.25, 0.3) is 0 Å². The molecular weight excluding hydrogens is 414 g/mol. The minimum atomic E-state index is -0.657. The molecule has 0 atom stereocenters. The van der Waals surface area contributed by atoms with Crippen LogP contribution in [0.15, 0.2) is 42.5 Å². The van der Waals surface area contributed by atoms with Gasteiger partial charge in [0, 0.05) is 37.9 Å². The number of carbonyl (C=O) groups is 1. The molecule has 152 valence electrons. The number of anilines is 2. The van der Waals surface area contributed by atoms with Crippen LogP contribution in [0.4, 0.5) is 17.1 Å². The van der Waals surface area contributed by atoms with Gasteiger partial charge >= 0.3 is 0 Å². The lowest BCUT2D eigenvalue weighted by atomic mass is 10.1. The number of para-hydroxylation sites is 1. The summed E-state index contributed by atoms with van der Waals surface area (Å²) in [7, 11) is 2.09. The Hall–Kier alpha value is -2.75. The molecule has 8 nitrogen and oxygen atoms in total. The van der Waals surface area contributed by atoms with E-state index in [-0.39, 0.29) is 16.4 Å². The highest BCUT2D eigenvalue weighted by molar-refractivity contribution is 7.80. The normalized spacial score (nSPS) is 14.3. The van der Waals surface area contributed by atoms with E-state index < -0.39 is 10.8 Å². The van der Waals surface area contributed by atoms with Crippen molar-refractivity contribution >= 4 is 51.9 Å². The Balaban J connectivity index is 1.64. The predicted molar refractivity (Wildman–Crippen MR) is 118 cm³/mol. The quantitative estimate of drug-likeness (QED) is 0.435. The van der Waals surface area contributed by atoms with Crippen LogP contribution in [0.3, 0.4) is 0 Å². The first-order valence-electron chi connectivity index (χ1n) is 8.94. The molecule has 2 N–H and O–H groups in total. The van der Waals surface area contributed by atoms with Gasteiger partial charge in [0.05, 0.1) is 15.6 Å². The molecule has 1 amide bonds. The monoisotopic (exact) mass is 433 g/mol. The maximum Gasteiger partial charge on any atom is 0.282 e. The molecule has 3 rings (SSSR count). The molecule has 1 aliphatic heterocycles. The third-order valence-corrected chi connectivity index (χ3v) is 5.13. The van der Waals surface area contributed by atoms with Gasteiger partial charge in [0.2, 0.25) is 0 Å². The summed E-state index contributed by atoms with van der Waals surface area (Å²) in [5.41, 5.74) is 1.21. The lowest BCUT2D eigenvalue weighted by molar-refractivity contribution is -0.385. The SMILES string of the molecule is CN1CCN(c2ccc(NC(=S)NC(=O)c3ccccc3[N+](=O)[O-])cc2Cl)CC1. The van der Waals surface area contributed by atoms with Gasteiger partial charge in [-0.3, -0.25) is 20.2 Å². The largest absolute Gasteiger partial charge is 0.368 e. The van der Waals surface area contributed by atoms with Crippen LogP contribution in [0.2, 0.25) is 5.02 Å². The Bertz CT molecular complexity index is 947. The maximum atomic E-state index is 12.3. The molecule has 1 aliphatic rings. The molecule has 0 bridgehead atoms. The molecule has 1 heterocycles. The number of amides is 1. The Kier molecular flexibility index (Phi) is 6.63. The van der Waals surface area contributed by atoms with Crippen molar-refractivity contribution < 1.29 is 9.72 Å². The molecule has 0 spiro atoms. The summed E-state index contributed by atoms with van der Waals surface area (Å²) in [5.74, 6) is -0.657. The van der Waals surface area contributed by atoms with Gasteiger partial charge in [-0.1, -0.05) is 23.7 Å². The fourth-order valence-corrected chi connectivity index (χ4v) is 3.56. The zero-order valence-electron chi connectivity index (χ0n) is 15.7. The number of nitro groups is 1. The number of nitrogens with zero attached hydrogens (tertiary/aromatic N) is 3. The predicted octanol–water partition coefficient (Wildman–Crippen LogP) is 3.13. The third kappa shape index (κ3) is 5.20. The second kappa shape index (κ2) is 9.17. The lowest BCUT2D eigenvalue weighted by Gasteiger charge is -2.34. The number of nitro benzene ring substituents is 1. The van der Waals surface area contributed by atoms with Crippen LogP contribution in [0.5, 0.6) is 0 Å². The van der Waals surface area contributed by atoms with Crippen LogP contribution in [0, 0.1) is 10.1 Å². The van der Waals surface area contributed by atoms with E-state index in [1.54, 1.807) is 12.1 Å². The standard InChI is InChI=1S/C19H20ClN5O3S/c1-23-8-10-24(11-9-23)17-7-6-13(12-15(17)20)21-19(29)22-18(26)14-4-2-3-5-16(14)25(27)28/h2-7,12H,8-11H2,1H3,(H2,21,22,26,29). The number of nitrogens with one attached hydrogen (secondary N) is 2. The molecule has 0 unspecified atom stereocenters. The van der Waals surface area contributed by atoms with E-state index in [1.165, 1.54) is 18.2 Å². The van der Waals surface area contributed by atoms with Crippen molar-refractivity contribution in [2.75, 3.05) is 43.4 Å². The second-order valence-electron chi connectivity index (χ2n) is 6.64. The number of halogens is 1. The van der Waals surface area contributed by atoms with Crippen molar-refractivity contribution in [2.24, 2.45) is 0 Å². The van der Waals surface area contributed by atoms with Gasteiger partial charge in [0.25, 0.3) is 11.6 Å². The molecule has 29 heavy (non-hydrogen) atoms. The van der Waals surface area contributed by atoms with Crippen LogP contribution < -0.4 is 15.5 Å². The highest BCUT2D eigenvalue weighted by Gasteiger charge is 2.20. The van der Waals surface area contributed by atoms with E-state index >= 15 is 0 Å². The molecule has 0 aromatic heterocycles. The first kappa shape index (κ1) is 21.0. The van der Waals surface area contributed by atoms with Gasteiger partial charge in [-0.2, -0.15) is 0 Å². The van der Waals surface area contributed by atoms with Crippen LogP contribution in [-0.4, -0.2) is 54.1 Å². The fraction of sp³-hybridized carbons (Fsp3) is 0.263. The number of carbonyl (C=O) groups excluding carboxylic acids is 1. The van der Waals surface area contributed by atoms with Crippen molar-refractivity contribution in [3.63, 3.8) is 0 Å². The summed E-state index contributed by atoms with van der Waals surface area (Å²) in [6.45, 7) is 3.73. The summed E-state index contributed by atoms with van der Waals surface area (Å²) in [6.07, 6.45) is 0. The molecule has 1 saturated heterocycles. The molecule has 1 fully saturated rings. The topological polar surface area (TPSA) is 90.8 Å². The minimum absolute atomic E-state index is 0.0246. The number of benzene rings is 2. The molecule has 2 aromatic rings. The molecule has 10 heteroatoms. The molecule has 0 radical (unpaired) electrons. The number of hydrogen-bond acceptors (Lipinski definition) is 6. The van der Waals surface area contributed by atoms with Gasteiger partial charge in [-0.25, -0.2) is 0 Å². The van der Waals surface area contributed by atoms with Gasteiger partial charge < -0.3 is 15.1 Å². The first-order chi connectivity index (χ1) is 13.8. The Morgan fingerprint density at radius 2 is 1.86 bits per heavy atom. The van der Waals surface area contributed by atoms with Crippen LogP contribution >= 0.6 is 23.8 Å². The lowest BCUT2D eigenvalue weighted by Crippen LogP contribution is -2.44. The van der Waals surface area contributed by atoms with Crippen molar-refractivity contribution in [2.45, 2.75) is 0 Å². The van der Waals surface area contributed by atoms with Gasteiger partial charge in [-0.05, 0) is 43.5 Å². The summed E-state index contributed by atoms with van der Waals surface area (Å²) in [6, 6.07) is 11.1. The van der Waals surface area contributed by atoms with Crippen molar-refractivity contribution in [1.29, 1.82) is 0 Å². The van der Waals surface area contributed by atoms with Crippen LogP contribution in [0.1, 0.15) is 10.4 Å². The summed E-state index contributed by atoms with van der Waals surface area (Å²) in [5, 5.41) is 17.0. The van der Waals surface area contributed by atoms with E-state index in [0.717, 1.165) is 31.9 Å². The van der Waals surface area contributed by atoms with Crippen molar-refractivity contribution in [3.05, 3.63) is 63.2 Å². The average Bonchev–Trinajstić information content (AvgIpc) is 2.69. The third-order valence-electron chi connectivity index (χ3n) is 4.62. The summed E-state index contributed by atoms with van der Waals surface area (Å²) >= 11 is 11.6. The van der Waals surface area contributed by atoms with Crippen LogP contribution in [-0.2, 0) is 0 Å². The highest BCUT2D eigenvalue weighted by atomic mass is 35.5. The molecule has 0 saturated carbocycles. The molecular formula is C19H20ClN5O3S. The number of rotatable bonds is 4. The van der Waals surface area contributed by atoms with E-state index in [2.05, 4.69) is 27.5 Å². The fourth-order valence-electron chi connectivity index (χ4n) is 3.05. The number of hydrogen-bond donors (Lipinski definition) is 2. The number of likely N-dealkylation sites (N-methyl/N-ethyl adjacent to an activating group) is 1. The van der Waals surface area contributed by atoms with Crippen molar-refractivity contribution in [3.8, 4) is 0 Å². The number of piperazine rings is 1. The molecule has 2 aromatic carbocycles. The minimum Gasteiger partial charge on any atom is -0.368 e.